The molecule has 0 fully saturated rings. The van der Waals surface area contributed by atoms with E-state index in [1.165, 1.54) is 0 Å². The molecular weight excluding hydrogens is 268 g/mol. The highest BCUT2D eigenvalue weighted by Crippen LogP contribution is 2.13. The van der Waals surface area contributed by atoms with Gasteiger partial charge in [0.05, 0.1) is 6.04 Å². The topological polar surface area (TPSA) is 96.2 Å². The maximum atomic E-state index is 11.4. The molecule has 104 valence electrons. The van der Waals surface area contributed by atoms with E-state index in [4.69, 9.17) is 17.3 Å². The van der Waals surface area contributed by atoms with Gasteiger partial charge in [0, 0.05) is 11.6 Å². The Kier molecular flexibility index (Phi) is 6.11. The average molecular weight is 285 g/mol. The van der Waals surface area contributed by atoms with Crippen LogP contribution in [-0.2, 0) is 11.3 Å². The molecule has 1 rings (SSSR count). The second-order valence-electron chi connectivity index (χ2n) is 3.90. The van der Waals surface area contributed by atoms with Crippen molar-refractivity contribution in [2.24, 2.45) is 5.73 Å². The van der Waals surface area contributed by atoms with Crippen LogP contribution < -0.4 is 21.9 Å². The molecule has 0 spiro atoms. The van der Waals surface area contributed by atoms with Gasteiger partial charge in [-0.15, -0.1) is 0 Å². The third-order valence-electron chi connectivity index (χ3n) is 2.47. The summed E-state index contributed by atoms with van der Waals surface area (Å²) in [6.45, 7) is 2.04. The summed E-state index contributed by atoms with van der Waals surface area (Å²) < 4.78 is 0. The van der Waals surface area contributed by atoms with Crippen LogP contribution in [0.15, 0.2) is 24.3 Å². The van der Waals surface area contributed by atoms with E-state index in [1.807, 2.05) is 6.07 Å². The molecule has 0 radical (unpaired) electrons. The van der Waals surface area contributed by atoms with Crippen molar-refractivity contribution in [3.8, 4) is 0 Å². The Morgan fingerprint density at radius 2 is 2.00 bits per heavy atom. The Hall–Kier alpha value is -1.79. The van der Waals surface area contributed by atoms with Gasteiger partial charge < -0.3 is 11.1 Å². The molecule has 19 heavy (non-hydrogen) atoms. The highest BCUT2D eigenvalue weighted by atomic mass is 35.5. The van der Waals surface area contributed by atoms with Gasteiger partial charge in [0.1, 0.15) is 0 Å². The quantitative estimate of drug-likeness (QED) is 0.619. The van der Waals surface area contributed by atoms with E-state index >= 15 is 0 Å². The second-order valence-corrected chi connectivity index (χ2v) is 4.31. The lowest BCUT2D eigenvalue weighted by molar-refractivity contribution is -0.123. The predicted molar refractivity (Wildman–Crippen MR) is 73.2 cm³/mol. The molecule has 5 N–H and O–H groups in total. The molecule has 7 heteroatoms. The zero-order valence-corrected chi connectivity index (χ0v) is 11.3. The van der Waals surface area contributed by atoms with Gasteiger partial charge >= 0.3 is 6.03 Å². The minimum Gasteiger partial charge on any atom is -0.333 e. The largest absolute Gasteiger partial charge is 0.333 e. The van der Waals surface area contributed by atoms with Crippen LogP contribution in [0.25, 0.3) is 0 Å². The number of urea groups is 1. The van der Waals surface area contributed by atoms with Gasteiger partial charge in [0.25, 0.3) is 5.91 Å². The van der Waals surface area contributed by atoms with Crippen molar-refractivity contribution in [3.05, 3.63) is 34.9 Å². The smallest absolute Gasteiger partial charge is 0.333 e. The van der Waals surface area contributed by atoms with Crippen molar-refractivity contribution in [2.75, 3.05) is 0 Å². The van der Waals surface area contributed by atoms with E-state index in [-0.39, 0.29) is 6.54 Å². The molecule has 0 aliphatic heterocycles. The highest BCUT2D eigenvalue weighted by Gasteiger charge is 2.11. The van der Waals surface area contributed by atoms with Gasteiger partial charge in [-0.05, 0) is 18.1 Å². The first kappa shape index (κ1) is 15.3. The normalized spacial score (nSPS) is 11.5. The van der Waals surface area contributed by atoms with Gasteiger partial charge in [-0.3, -0.25) is 10.2 Å². The molecule has 1 aromatic carbocycles. The molecule has 1 atom stereocenters. The number of carbonyl (C=O) groups excluding carboxylic acids is 2. The fraction of sp³-hybridized carbons (Fsp3) is 0.333. The fourth-order valence-corrected chi connectivity index (χ4v) is 1.46. The molecule has 0 heterocycles. The lowest BCUT2D eigenvalue weighted by Crippen LogP contribution is -2.51. The molecule has 0 aliphatic rings. The first-order chi connectivity index (χ1) is 9.04. The molecule has 0 bridgehead atoms. The highest BCUT2D eigenvalue weighted by molar-refractivity contribution is 6.31. The number of nitrogens with one attached hydrogen (secondary N) is 3. The SMILES string of the molecule is CC[C@H](N)C(=O)NNC(=O)NCc1ccccc1Cl. The lowest BCUT2D eigenvalue weighted by atomic mass is 10.2. The Morgan fingerprint density at radius 3 is 2.63 bits per heavy atom. The van der Waals surface area contributed by atoms with Crippen LogP contribution in [0.3, 0.4) is 0 Å². The van der Waals surface area contributed by atoms with Gasteiger partial charge in [-0.2, -0.15) is 0 Å². The first-order valence-electron chi connectivity index (χ1n) is 5.87. The van der Waals surface area contributed by atoms with Crippen LogP contribution in [0.2, 0.25) is 5.02 Å². The van der Waals surface area contributed by atoms with Crippen molar-refractivity contribution in [1.29, 1.82) is 0 Å². The van der Waals surface area contributed by atoms with Gasteiger partial charge in [0.2, 0.25) is 0 Å². The summed E-state index contributed by atoms with van der Waals surface area (Å²) >= 11 is 5.94. The van der Waals surface area contributed by atoms with Crippen molar-refractivity contribution >= 4 is 23.5 Å². The van der Waals surface area contributed by atoms with Crippen LogP contribution in [0.1, 0.15) is 18.9 Å². The van der Waals surface area contributed by atoms with Crippen LogP contribution in [-0.4, -0.2) is 18.0 Å². The lowest BCUT2D eigenvalue weighted by Gasteiger charge is -2.12. The molecular formula is C12H17ClN4O2. The summed E-state index contributed by atoms with van der Waals surface area (Å²) in [4.78, 5) is 22.7. The maximum absolute atomic E-state index is 11.4. The number of hydrogen-bond donors (Lipinski definition) is 4. The number of halogens is 1. The third-order valence-corrected chi connectivity index (χ3v) is 2.84. The number of carbonyl (C=O) groups is 2. The van der Waals surface area contributed by atoms with E-state index in [0.29, 0.717) is 11.4 Å². The van der Waals surface area contributed by atoms with Crippen LogP contribution >= 0.6 is 11.6 Å². The fourth-order valence-electron chi connectivity index (χ4n) is 1.26. The third kappa shape index (κ3) is 5.15. The zero-order valence-electron chi connectivity index (χ0n) is 10.6. The predicted octanol–water partition coefficient (Wildman–Crippen LogP) is 0.908. The van der Waals surface area contributed by atoms with Gasteiger partial charge in [0.15, 0.2) is 0 Å². The molecule has 0 aliphatic carbocycles. The van der Waals surface area contributed by atoms with Crippen LogP contribution in [0, 0.1) is 0 Å². The van der Waals surface area contributed by atoms with Crippen LogP contribution in [0.4, 0.5) is 4.79 Å². The number of benzene rings is 1. The summed E-state index contributed by atoms with van der Waals surface area (Å²) in [6.07, 6.45) is 0.495. The molecule has 1 aromatic rings. The Bertz CT molecular complexity index is 453. The Morgan fingerprint density at radius 1 is 1.32 bits per heavy atom. The number of rotatable bonds is 4. The molecule has 0 unspecified atom stereocenters. The number of hydrazine groups is 1. The summed E-state index contributed by atoms with van der Waals surface area (Å²) in [5.74, 6) is -0.435. The Labute approximate surface area is 116 Å². The zero-order chi connectivity index (χ0) is 14.3. The summed E-state index contributed by atoms with van der Waals surface area (Å²) in [5, 5.41) is 3.13. The number of nitrogens with two attached hydrogens (primary N) is 1. The second kappa shape index (κ2) is 7.60. The van der Waals surface area contributed by atoms with Gasteiger partial charge in [-0.1, -0.05) is 36.7 Å². The summed E-state index contributed by atoms with van der Waals surface area (Å²) in [5.41, 5.74) is 10.7. The molecule has 0 saturated carbocycles. The molecule has 3 amide bonds. The standard InChI is InChI=1S/C12H17ClN4O2/c1-2-10(14)11(18)16-17-12(19)15-7-8-5-3-4-6-9(8)13/h3-6,10H,2,7,14H2,1H3,(H,16,18)(H2,15,17,19)/t10-/m0/s1. The van der Waals surface area contributed by atoms with Crippen molar-refractivity contribution < 1.29 is 9.59 Å². The van der Waals surface area contributed by atoms with Gasteiger partial charge in [-0.25, -0.2) is 10.2 Å². The summed E-state index contributed by atoms with van der Waals surface area (Å²) in [7, 11) is 0. The number of hydrogen-bond acceptors (Lipinski definition) is 3. The minimum atomic E-state index is -0.635. The average Bonchev–Trinajstić information content (AvgIpc) is 2.42. The maximum Gasteiger partial charge on any atom is 0.333 e. The molecule has 6 nitrogen and oxygen atoms in total. The monoisotopic (exact) mass is 284 g/mol. The van der Waals surface area contributed by atoms with E-state index in [2.05, 4.69) is 16.2 Å². The van der Waals surface area contributed by atoms with Crippen molar-refractivity contribution in [1.82, 2.24) is 16.2 Å². The molecule has 0 saturated heterocycles. The van der Waals surface area contributed by atoms with E-state index in [0.717, 1.165) is 5.56 Å². The number of amides is 3. The van der Waals surface area contributed by atoms with Crippen LogP contribution in [0.5, 0.6) is 0 Å². The van der Waals surface area contributed by atoms with E-state index < -0.39 is 18.0 Å². The van der Waals surface area contributed by atoms with Crippen molar-refractivity contribution in [3.63, 3.8) is 0 Å². The summed E-state index contributed by atoms with van der Waals surface area (Å²) in [6, 6.07) is 5.99. The Balaban J connectivity index is 2.33. The van der Waals surface area contributed by atoms with Crippen molar-refractivity contribution in [2.45, 2.75) is 25.9 Å². The molecule has 0 aromatic heterocycles. The van der Waals surface area contributed by atoms with E-state index in [9.17, 15) is 9.59 Å². The van der Waals surface area contributed by atoms with E-state index in [1.54, 1.807) is 25.1 Å². The first-order valence-corrected chi connectivity index (χ1v) is 6.25. The minimum absolute atomic E-state index is 0.265.